The first-order chi connectivity index (χ1) is 5.27. The smallest absolute Gasteiger partial charge is 0.241 e. The summed E-state index contributed by atoms with van der Waals surface area (Å²) in [6.07, 6.45) is 1.45. The van der Waals surface area contributed by atoms with Crippen molar-refractivity contribution in [2.24, 2.45) is 0 Å². The van der Waals surface area contributed by atoms with Gasteiger partial charge in [0, 0.05) is 11.0 Å². The normalized spacial score (nSPS) is 9.64. The zero-order chi connectivity index (χ0) is 8.27. The van der Waals surface area contributed by atoms with Gasteiger partial charge in [-0.2, -0.15) is 4.98 Å². The Bertz CT molecular complexity index is 257. The van der Waals surface area contributed by atoms with Crippen LogP contribution in [-0.4, -0.2) is 17.1 Å². The molecule has 0 bridgehead atoms. The van der Waals surface area contributed by atoms with Gasteiger partial charge in [-0.3, -0.25) is 0 Å². The third kappa shape index (κ3) is 1.87. The fourth-order valence-electron chi connectivity index (χ4n) is 0.561. The molecule has 0 saturated heterocycles. The summed E-state index contributed by atoms with van der Waals surface area (Å²) in [4.78, 5) is 7.70. The van der Waals surface area contributed by atoms with Gasteiger partial charge in [0.1, 0.15) is 5.69 Å². The Labute approximate surface area is 72.6 Å². The van der Waals surface area contributed by atoms with E-state index in [-0.39, 0.29) is 0 Å². The average Bonchev–Trinajstić information content (AvgIpc) is 2.05. The number of hydrogen-bond acceptors (Lipinski definition) is 5. The summed E-state index contributed by atoms with van der Waals surface area (Å²) in [6, 6.07) is 0. The molecule has 0 spiro atoms. The van der Waals surface area contributed by atoms with Crippen LogP contribution in [0.2, 0.25) is 0 Å². The van der Waals surface area contributed by atoms with Crippen LogP contribution in [0.15, 0.2) is 11.4 Å². The van der Waals surface area contributed by atoms with Crippen molar-refractivity contribution in [3.05, 3.63) is 6.20 Å². The molecule has 0 aliphatic heterocycles. The van der Waals surface area contributed by atoms with Gasteiger partial charge in [-0.25, -0.2) is 4.98 Å². The number of nitrogen functional groups attached to an aromatic ring is 1. The summed E-state index contributed by atoms with van der Waals surface area (Å²) in [7, 11) is 7.81. The van der Waals surface area contributed by atoms with Gasteiger partial charge in [-0.1, -0.05) is 0 Å². The minimum absolute atomic E-state index is 0.350. The van der Waals surface area contributed by atoms with Crippen LogP contribution in [0.25, 0.3) is 0 Å². The highest BCUT2D eigenvalue weighted by Gasteiger charge is 2.02. The summed E-state index contributed by atoms with van der Waals surface area (Å²) in [5, 5.41) is 0.428. The summed E-state index contributed by atoms with van der Waals surface area (Å²) in [5.41, 5.74) is 5.86. The average molecular weight is 192 g/mol. The summed E-state index contributed by atoms with van der Waals surface area (Å²) in [5.74, 6) is 0.350. The van der Waals surface area contributed by atoms with E-state index in [0.717, 1.165) is 11.0 Å². The molecule has 0 amide bonds. The predicted molar refractivity (Wildman–Crippen MR) is 44.7 cm³/mol. The first-order valence-electron chi connectivity index (χ1n) is 2.73. The lowest BCUT2D eigenvalue weighted by Crippen LogP contribution is -1.97. The van der Waals surface area contributed by atoms with Crippen LogP contribution in [0.3, 0.4) is 0 Å². The first kappa shape index (κ1) is 8.42. The molecule has 0 unspecified atom stereocenters. The largest absolute Gasteiger partial charge is 0.479 e. The second-order valence-electron chi connectivity index (χ2n) is 1.69. The van der Waals surface area contributed by atoms with E-state index >= 15 is 0 Å². The monoisotopic (exact) mass is 191 g/mol. The van der Waals surface area contributed by atoms with Crippen LogP contribution in [0.1, 0.15) is 0 Å². The van der Waals surface area contributed by atoms with E-state index in [9.17, 15) is 0 Å². The molecule has 0 atom stereocenters. The number of anilines is 1. The summed E-state index contributed by atoms with van der Waals surface area (Å²) in [6.45, 7) is 0. The van der Waals surface area contributed by atoms with Gasteiger partial charge in [0.15, 0.2) is 0 Å². The van der Waals surface area contributed by atoms with Gasteiger partial charge in [-0.05, 0) is 10.7 Å². The van der Waals surface area contributed by atoms with Crippen molar-refractivity contribution in [1.82, 2.24) is 9.97 Å². The molecule has 0 aliphatic carbocycles. The number of nitrogens with zero attached hydrogens (tertiary/aromatic N) is 2. The topological polar surface area (TPSA) is 61.0 Å². The molecule has 60 valence electrons. The predicted octanol–water partition coefficient (Wildman–Crippen LogP) is 1.31. The quantitative estimate of drug-likeness (QED) is 0.715. The molecule has 6 heteroatoms. The van der Waals surface area contributed by atoms with E-state index in [1.807, 2.05) is 0 Å². The van der Waals surface area contributed by atoms with Crippen molar-refractivity contribution < 1.29 is 4.74 Å². The van der Waals surface area contributed by atoms with Crippen molar-refractivity contribution in [2.75, 3.05) is 12.8 Å². The first-order valence-corrected chi connectivity index (χ1v) is 4.37. The molecule has 1 rings (SSSR count). The Balaban J connectivity index is 3.02. The maximum Gasteiger partial charge on any atom is 0.241 e. The van der Waals surface area contributed by atoms with E-state index in [2.05, 4.69) is 9.97 Å². The highest BCUT2D eigenvalue weighted by molar-refractivity contribution is 8.21. The van der Waals surface area contributed by atoms with Gasteiger partial charge in [0.2, 0.25) is 11.0 Å². The van der Waals surface area contributed by atoms with Crippen molar-refractivity contribution in [3.8, 4) is 5.88 Å². The number of methoxy groups -OCH3 is 1. The molecule has 1 heterocycles. The van der Waals surface area contributed by atoms with Crippen molar-refractivity contribution in [2.45, 2.75) is 5.16 Å². The fourth-order valence-corrected chi connectivity index (χ4v) is 0.994. The number of hydrogen-bond donors (Lipinski definition) is 1. The third-order valence-corrected chi connectivity index (χ3v) is 1.77. The molecule has 0 fully saturated rings. The Kier molecular flexibility index (Phi) is 2.78. The van der Waals surface area contributed by atoms with E-state index in [1.54, 1.807) is 0 Å². The minimum atomic E-state index is 0.350. The van der Waals surface area contributed by atoms with Crippen molar-refractivity contribution >= 4 is 27.3 Å². The third-order valence-electron chi connectivity index (χ3n) is 1.02. The number of rotatable bonds is 2. The molecule has 11 heavy (non-hydrogen) atoms. The number of ether oxygens (including phenoxy) is 1. The Morgan fingerprint density at radius 2 is 2.45 bits per heavy atom. The Hall–Kier alpha value is -0.680. The highest BCUT2D eigenvalue weighted by Crippen LogP contribution is 2.22. The van der Waals surface area contributed by atoms with Crippen LogP contribution >= 0.6 is 21.7 Å². The Morgan fingerprint density at radius 1 is 1.73 bits per heavy atom. The molecular formula is C5H6ClN3OS. The molecule has 2 N–H and O–H groups in total. The SMILES string of the molecule is COc1nc(SCl)ncc1N. The lowest BCUT2D eigenvalue weighted by atomic mass is 10.5. The Morgan fingerprint density at radius 3 is 3.00 bits per heavy atom. The molecule has 0 radical (unpaired) electrons. The molecule has 0 saturated carbocycles. The van der Waals surface area contributed by atoms with E-state index in [1.165, 1.54) is 13.3 Å². The second-order valence-corrected chi connectivity index (χ2v) is 2.68. The van der Waals surface area contributed by atoms with Crippen LogP contribution in [0, 0.1) is 0 Å². The summed E-state index contributed by atoms with van der Waals surface area (Å²) >= 11 is 0. The molecule has 1 aromatic heterocycles. The van der Waals surface area contributed by atoms with Crippen molar-refractivity contribution in [1.29, 1.82) is 0 Å². The highest BCUT2D eigenvalue weighted by atomic mass is 35.7. The zero-order valence-corrected chi connectivity index (χ0v) is 7.32. The van der Waals surface area contributed by atoms with Crippen LogP contribution in [-0.2, 0) is 0 Å². The lowest BCUT2D eigenvalue weighted by molar-refractivity contribution is 0.395. The maximum atomic E-state index is 5.45. The van der Waals surface area contributed by atoms with E-state index in [0.29, 0.717) is 16.7 Å². The van der Waals surface area contributed by atoms with Crippen LogP contribution < -0.4 is 10.5 Å². The van der Waals surface area contributed by atoms with Crippen molar-refractivity contribution in [3.63, 3.8) is 0 Å². The second kappa shape index (κ2) is 3.64. The van der Waals surface area contributed by atoms with Gasteiger partial charge in [-0.15, -0.1) is 0 Å². The maximum absolute atomic E-state index is 5.45. The minimum Gasteiger partial charge on any atom is -0.479 e. The van der Waals surface area contributed by atoms with Crippen LogP contribution in [0.4, 0.5) is 5.69 Å². The van der Waals surface area contributed by atoms with E-state index < -0.39 is 0 Å². The molecule has 0 aliphatic rings. The number of aromatic nitrogens is 2. The van der Waals surface area contributed by atoms with Gasteiger partial charge in [0.05, 0.1) is 13.3 Å². The molecule has 0 aromatic carbocycles. The van der Waals surface area contributed by atoms with E-state index in [4.69, 9.17) is 21.2 Å². The molecular weight excluding hydrogens is 186 g/mol. The standard InChI is InChI=1S/C5H6ClN3OS/c1-10-4-3(7)2-8-5(9-4)11-6/h2H,7H2,1H3. The summed E-state index contributed by atoms with van der Waals surface area (Å²) < 4.78 is 4.84. The number of halogens is 1. The van der Waals surface area contributed by atoms with Gasteiger partial charge >= 0.3 is 0 Å². The van der Waals surface area contributed by atoms with Crippen LogP contribution in [0.5, 0.6) is 5.88 Å². The van der Waals surface area contributed by atoms with Gasteiger partial charge in [0.25, 0.3) is 0 Å². The molecule has 1 aromatic rings. The molecule has 4 nitrogen and oxygen atoms in total. The van der Waals surface area contributed by atoms with Gasteiger partial charge < -0.3 is 10.5 Å². The number of nitrogens with two attached hydrogens (primary N) is 1. The fraction of sp³-hybridized carbons (Fsp3) is 0.200. The zero-order valence-electron chi connectivity index (χ0n) is 5.74. The lowest BCUT2D eigenvalue weighted by Gasteiger charge is -2.01.